The van der Waals surface area contributed by atoms with Gasteiger partial charge in [0.1, 0.15) is 5.82 Å². The van der Waals surface area contributed by atoms with Crippen LogP contribution in [0.15, 0.2) is 0 Å². The zero-order valence-electron chi connectivity index (χ0n) is 12.3. The fourth-order valence-corrected chi connectivity index (χ4v) is 2.46. The Morgan fingerprint density at radius 3 is 2.67 bits per heavy atom. The number of aromatic nitrogens is 2. The quantitative estimate of drug-likeness (QED) is 0.839. The number of aryl methyl sites for hydroxylation is 2. The predicted octanol–water partition coefficient (Wildman–Crippen LogP) is 2.07. The summed E-state index contributed by atoms with van der Waals surface area (Å²) in [5.74, 6) is 1.97. The number of nitrogens with zero attached hydrogens (tertiary/aromatic N) is 3. The van der Waals surface area contributed by atoms with Crippen molar-refractivity contribution in [3.63, 3.8) is 0 Å². The molecule has 0 bridgehead atoms. The van der Waals surface area contributed by atoms with Gasteiger partial charge in [-0.15, -0.1) is 0 Å². The zero-order valence-corrected chi connectivity index (χ0v) is 12.3. The molecule has 0 amide bonds. The van der Waals surface area contributed by atoms with Gasteiger partial charge in [0.25, 0.3) is 0 Å². The van der Waals surface area contributed by atoms with Crippen molar-refractivity contribution in [1.82, 2.24) is 15.1 Å². The number of hydrogen-bond acceptors (Lipinski definition) is 3. The first kappa shape index (κ1) is 13.4. The van der Waals surface area contributed by atoms with Crippen LogP contribution in [0.3, 0.4) is 0 Å². The Labute approximate surface area is 110 Å². The molecule has 0 atom stereocenters. The average molecular weight is 250 g/mol. The largest absolute Gasteiger partial charge is 0.357 e. The van der Waals surface area contributed by atoms with Crippen LogP contribution in [0.4, 0.5) is 5.82 Å². The van der Waals surface area contributed by atoms with Gasteiger partial charge in [-0.05, 0) is 32.2 Å². The van der Waals surface area contributed by atoms with E-state index in [9.17, 15) is 0 Å². The van der Waals surface area contributed by atoms with Crippen LogP contribution in [0.25, 0.3) is 0 Å². The monoisotopic (exact) mass is 250 g/mol. The van der Waals surface area contributed by atoms with Crippen LogP contribution in [-0.2, 0) is 13.6 Å². The molecule has 1 aliphatic carbocycles. The predicted molar refractivity (Wildman–Crippen MR) is 75.9 cm³/mol. The van der Waals surface area contributed by atoms with Crippen molar-refractivity contribution >= 4 is 5.82 Å². The van der Waals surface area contributed by atoms with Gasteiger partial charge in [-0.3, -0.25) is 4.68 Å². The molecule has 1 heterocycles. The molecule has 4 nitrogen and oxygen atoms in total. The van der Waals surface area contributed by atoms with Gasteiger partial charge >= 0.3 is 0 Å². The second kappa shape index (κ2) is 5.31. The molecule has 4 heteroatoms. The van der Waals surface area contributed by atoms with Crippen molar-refractivity contribution in [2.45, 2.75) is 46.2 Å². The van der Waals surface area contributed by atoms with Gasteiger partial charge < -0.3 is 10.2 Å². The summed E-state index contributed by atoms with van der Waals surface area (Å²) in [5.41, 5.74) is 2.50. The first-order valence-corrected chi connectivity index (χ1v) is 6.96. The summed E-state index contributed by atoms with van der Waals surface area (Å²) >= 11 is 0. The summed E-state index contributed by atoms with van der Waals surface area (Å²) in [5, 5.41) is 8.10. The number of anilines is 1. The summed E-state index contributed by atoms with van der Waals surface area (Å²) in [6.07, 6.45) is 2.64. The van der Waals surface area contributed by atoms with Crippen molar-refractivity contribution in [1.29, 1.82) is 0 Å². The van der Waals surface area contributed by atoms with Crippen LogP contribution >= 0.6 is 0 Å². The van der Waals surface area contributed by atoms with Crippen LogP contribution in [0.5, 0.6) is 0 Å². The van der Waals surface area contributed by atoms with E-state index in [4.69, 9.17) is 0 Å². The summed E-state index contributed by atoms with van der Waals surface area (Å²) in [4.78, 5) is 2.40. The van der Waals surface area contributed by atoms with Crippen molar-refractivity contribution in [2.75, 3.05) is 18.5 Å². The molecule has 1 aromatic heterocycles. The van der Waals surface area contributed by atoms with Crippen LogP contribution < -0.4 is 10.2 Å². The fourth-order valence-electron chi connectivity index (χ4n) is 2.46. The number of nitrogens with one attached hydrogen (secondary N) is 1. The van der Waals surface area contributed by atoms with Crippen LogP contribution in [0.2, 0.25) is 0 Å². The Morgan fingerprint density at radius 2 is 2.11 bits per heavy atom. The summed E-state index contributed by atoms with van der Waals surface area (Å²) in [6.45, 7) is 8.56. The van der Waals surface area contributed by atoms with Crippen LogP contribution in [0.1, 0.15) is 37.9 Å². The molecule has 0 unspecified atom stereocenters. The SMILES string of the molecule is Cc1nn(C)c(N(C)C2CC2)c1CNCC(C)C. The lowest BCUT2D eigenvalue weighted by Gasteiger charge is -2.21. The van der Waals surface area contributed by atoms with E-state index < -0.39 is 0 Å². The summed E-state index contributed by atoms with van der Waals surface area (Å²) in [7, 11) is 4.24. The highest BCUT2D eigenvalue weighted by molar-refractivity contribution is 5.51. The molecule has 1 saturated carbocycles. The Hall–Kier alpha value is -1.03. The van der Waals surface area contributed by atoms with Gasteiger partial charge in [0.2, 0.25) is 0 Å². The Balaban J connectivity index is 2.11. The molecule has 1 fully saturated rings. The van der Waals surface area contributed by atoms with E-state index >= 15 is 0 Å². The molecular weight excluding hydrogens is 224 g/mol. The first-order chi connectivity index (χ1) is 8.50. The maximum atomic E-state index is 4.58. The fraction of sp³-hybridized carbons (Fsp3) is 0.786. The van der Waals surface area contributed by atoms with Crippen molar-refractivity contribution in [3.8, 4) is 0 Å². The maximum Gasteiger partial charge on any atom is 0.131 e. The molecule has 0 radical (unpaired) electrons. The molecule has 2 rings (SSSR count). The second-order valence-corrected chi connectivity index (χ2v) is 5.88. The molecule has 0 aliphatic heterocycles. The number of rotatable bonds is 6. The Morgan fingerprint density at radius 1 is 1.44 bits per heavy atom. The molecule has 0 aromatic carbocycles. The third-order valence-corrected chi connectivity index (χ3v) is 3.60. The zero-order chi connectivity index (χ0) is 13.3. The van der Waals surface area contributed by atoms with Gasteiger partial charge in [-0.1, -0.05) is 13.8 Å². The van der Waals surface area contributed by atoms with E-state index in [2.05, 4.69) is 43.1 Å². The number of hydrogen-bond donors (Lipinski definition) is 1. The van der Waals surface area contributed by atoms with Crippen molar-refractivity contribution in [3.05, 3.63) is 11.3 Å². The normalized spacial score (nSPS) is 15.4. The lowest BCUT2D eigenvalue weighted by atomic mass is 10.2. The standard InChI is InChI=1S/C14H26N4/c1-10(2)8-15-9-13-11(3)16-18(5)14(13)17(4)12-6-7-12/h10,12,15H,6-9H2,1-5H3. The molecule has 1 aliphatic rings. The second-order valence-electron chi connectivity index (χ2n) is 5.88. The van der Waals surface area contributed by atoms with E-state index in [1.54, 1.807) is 0 Å². The third kappa shape index (κ3) is 2.86. The highest BCUT2D eigenvalue weighted by atomic mass is 15.4. The first-order valence-electron chi connectivity index (χ1n) is 6.96. The lowest BCUT2D eigenvalue weighted by molar-refractivity contribution is 0.551. The molecule has 18 heavy (non-hydrogen) atoms. The molecule has 0 saturated heterocycles. The van der Waals surface area contributed by atoms with E-state index in [0.717, 1.165) is 24.8 Å². The minimum Gasteiger partial charge on any atom is -0.357 e. The minimum atomic E-state index is 0.687. The van der Waals surface area contributed by atoms with E-state index in [1.165, 1.54) is 24.2 Å². The van der Waals surface area contributed by atoms with Crippen molar-refractivity contribution in [2.24, 2.45) is 13.0 Å². The van der Waals surface area contributed by atoms with Gasteiger partial charge in [0, 0.05) is 32.2 Å². The molecule has 0 spiro atoms. The average Bonchev–Trinajstić information content (AvgIpc) is 3.06. The molecule has 102 valence electrons. The molecular formula is C14H26N4. The molecule has 1 aromatic rings. The smallest absolute Gasteiger partial charge is 0.131 e. The summed E-state index contributed by atoms with van der Waals surface area (Å²) < 4.78 is 2.03. The minimum absolute atomic E-state index is 0.687. The van der Waals surface area contributed by atoms with Crippen molar-refractivity contribution < 1.29 is 0 Å². The van der Waals surface area contributed by atoms with E-state index in [0.29, 0.717) is 5.92 Å². The highest BCUT2D eigenvalue weighted by Gasteiger charge is 2.30. The Bertz CT molecular complexity index is 404. The summed E-state index contributed by atoms with van der Waals surface area (Å²) in [6, 6.07) is 0.726. The lowest BCUT2D eigenvalue weighted by Crippen LogP contribution is -2.25. The van der Waals surface area contributed by atoms with Gasteiger partial charge in [-0.2, -0.15) is 5.10 Å². The maximum absolute atomic E-state index is 4.58. The van der Waals surface area contributed by atoms with Gasteiger partial charge in [-0.25, -0.2) is 0 Å². The van der Waals surface area contributed by atoms with Crippen LogP contribution in [-0.4, -0.2) is 29.4 Å². The van der Waals surface area contributed by atoms with Gasteiger partial charge in [0.15, 0.2) is 0 Å². The van der Waals surface area contributed by atoms with Gasteiger partial charge in [0.05, 0.1) is 5.69 Å². The topological polar surface area (TPSA) is 33.1 Å². The third-order valence-electron chi connectivity index (χ3n) is 3.60. The van der Waals surface area contributed by atoms with Crippen LogP contribution in [0, 0.1) is 12.8 Å². The Kier molecular flexibility index (Phi) is 3.95. The van der Waals surface area contributed by atoms with E-state index in [-0.39, 0.29) is 0 Å². The molecule has 1 N–H and O–H groups in total. The highest BCUT2D eigenvalue weighted by Crippen LogP contribution is 2.32. The van der Waals surface area contributed by atoms with E-state index in [1.807, 2.05) is 11.7 Å².